The fourth-order valence-corrected chi connectivity index (χ4v) is 2.15. The molecule has 0 amide bonds. The third kappa shape index (κ3) is 2.87. The Morgan fingerprint density at radius 3 is 2.41 bits per heavy atom. The molecule has 0 saturated carbocycles. The van der Waals surface area contributed by atoms with Crippen molar-refractivity contribution in [1.29, 1.82) is 0 Å². The van der Waals surface area contributed by atoms with E-state index in [2.05, 4.69) is 5.16 Å². The van der Waals surface area contributed by atoms with Crippen LogP contribution in [0.1, 0.15) is 16.1 Å². The Kier molecular flexibility index (Phi) is 3.94. The highest BCUT2D eigenvalue weighted by Gasteiger charge is 2.15. The van der Waals surface area contributed by atoms with Crippen LogP contribution in [0.2, 0.25) is 5.02 Å². The van der Waals surface area contributed by atoms with Crippen LogP contribution in [0, 0.1) is 0 Å². The van der Waals surface area contributed by atoms with Gasteiger partial charge < -0.3 is 9.26 Å². The first-order chi connectivity index (χ1) is 10.7. The molecule has 0 aliphatic heterocycles. The largest absolute Gasteiger partial charge is 0.497 e. The molecule has 0 spiro atoms. The van der Waals surface area contributed by atoms with Crippen LogP contribution in [0.25, 0.3) is 11.3 Å². The molecule has 0 fully saturated rings. The highest BCUT2D eigenvalue weighted by Crippen LogP contribution is 2.23. The van der Waals surface area contributed by atoms with E-state index in [-0.39, 0.29) is 11.5 Å². The highest BCUT2D eigenvalue weighted by molar-refractivity contribution is 6.30. The summed E-state index contributed by atoms with van der Waals surface area (Å²) in [7, 11) is 1.58. The number of carbonyl (C=O) groups excluding carboxylic acids is 1. The van der Waals surface area contributed by atoms with Crippen LogP contribution in [0.3, 0.4) is 0 Å². The van der Waals surface area contributed by atoms with Crippen LogP contribution in [-0.4, -0.2) is 18.0 Å². The van der Waals surface area contributed by atoms with E-state index in [0.29, 0.717) is 22.1 Å². The van der Waals surface area contributed by atoms with Crippen molar-refractivity contribution in [2.75, 3.05) is 7.11 Å². The zero-order valence-corrected chi connectivity index (χ0v) is 12.5. The van der Waals surface area contributed by atoms with E-state index < -0.39 is 0 Å². The van der Waals surface area contributed by atoms with Crippen molar-refractivity contribution in [3.63, 3.8) is 0 Å². The Labute approximate surface area is 132 Å². The van der Waals surface area contributed by atoms with Crippen molar-refractivity contribution in [3.05, 3.63) is 70.9 Å². The van der Waals surface area contributed by atoms with Gasteiger partial charge in [0.2, 0.25) is 5.78 Å². The van der Waals surface area contributed by atoms with Crippen LogP contribution in [0.4, 0.5) is 0 Å². The molecule has 3 aromatic rings. The predicted molar refractivity (Wildman–Crippen MR) is 83.4 cm³/mol. The van der Waals surface area contributed by atoms with E-state index in [0.717, 1.165) is 5.56 Å². The van der Waals surface area contributed by atoms with Crippen molar-refractivity contribution in [2.45, 2.75) is 0 Å². The molecule has 1 aromatic heterocycles. The van der Waals surface area contributed by atoms with Gasteiger partial charge in [0.15, 0.2) is 11.5 Å². The summed E-state index contributed by atoms with van der Waals surface area (Å²) in [5.41, 5.74) is 1.59. The van der Waals surface area contributed by atoms with Crippen LogP contribution in [0.15, 0.2) is 59.1 Å². The maximum Gasteiger partial charge on any atom is 0.214 e. The van der Waals surface area contributed by atoms with Gasteiger partial charge in [-0.3, -0.25) is 4.79 Å². The standard InChI is InChI=1S/C17H12ClNO3/c1-21-14-8-4-12(5-9-14)17(20)15-10-16(22-19-15)11-2-6-13(18)7-3-11/h2-10H,1H3. The molecule has 1 heterocycles. The zero-order chi connectivity index (χ0) is 15.5. The molecule has 110 valence electrons. The molecule has 22 heavy (non-hydrogen) atoms. The van der Waals surface area contributed by atoms with Gasteiger partial charge in [-0.2, -0.15) is 0 Å². The Bertz CT molecular complexity index is 792. The SMILES string of the molecule is COc1ccc(C(=O)c2cc(-c3ccc(Cl)cc3)on2)cc1. The number of nitrogens with zero attached hydrogens (tertiary/aromatic N) is 1. The average molecular weight is 314 g/mol. The topological polar surface area (TPSA) is 52.3 Å². The van der Waals surface area contributed by atoms with Gasteiger partial charge in [-0.05, 0) is 48.5 Å². The molecule has 0 radical (unpaired) electrons. The van der Waals surface area contributed by atoms with Crippen LogP contribution in [0.5, 0.6) is 5.75 Å². The summed E-state index contributed by atoms with van der Waals surface area (Å²) in [5.74, 6) is 1.01. The van der Waals surface area contributed by atoms with Gasteiger partial charge in [0, 0.05) is 22.2 Å². The molecule has 0 aliphatic carbocycles. The molecular formula is C17H12ClNO3. The number of ketones is 1. The molecule has 0 unspecified atom stereocenters. The number of ether oxygens (including phenoxy) is 1. The van der Waals surface area contributed by atoms with Gasteiger partial charge in [-0.1, -0.05) is 16.8 Å². The summed E-state index contributed by atoms with van der Waals surface area (Å²) < 4.78 is 10.3. The number of hydrogen-bond acceptors (Lipinski definition) is 4. The summed E-state index contributed by atoms with van der Waals surface area (Å²) >= 11 is 5.85. The monoisotopic (exact) mass is 313 g/mol. The fourth-order valence-electron chi connectivity index (χ4n) is 2.02. The minimum atomic E-state index is -0.202. The summed E-state index contributed by atoms with van der Waals surface area (Å²) in [6, 6.07) is 15.6. The van der Waals surface area contributed by atoms with Gasteiger partial charge in [0.1, 0.15) is 5.75 Å². The quantitative estimate of drug-likeness (QED) is 0.676. The molecule has 0 atom stereocenters. The molecule has 0 N–H and O–H groups in total. The first-order valence-corrected chi connectivity index (χ1v) is 6.96. The van der Waals surface area contributed by atoms with Crippen molar-refractivity contribution in [1.82, 2.24) is 5.16 Å². The van der Waals surface area contributed by atoms with E-state index in [1.165, 1.54) is 0 Å². The van der Waals surface area contributed by atoms with Gasteiger partial charge in [-0.25, -0.2) is 0 Å². The molecule has 4 nitrogen and oxygen atoms in total. The van der Waals surface area contributed by atoms with Gasteiger partial charge >= 0.3 is 0 Å². The minimum Gasteiger partial charge on any atom is -0.497 e. The lowest BCUT2D eigenvalue weighted by Crippen LogP contribution is -2.01. The number of benzene rings is 2. The van der Waals surface area contributed by atoms with E-state index >= 15 is 0 Å². The van der Waals surface area contributed by atoms with E-state index in [9.17, 15) is 4.79 Å². The first kappa shape index (κ1) is 14.4. The molecule has 0 saturated heterocycles. The van der Waals surface area contributed by atoms with Crippen molar-refractivity contribution >= 4 is 17.4 Å². The van der Waals surface area contributed by atoms with Crippen LogP contribution >= 0.6 is 11.6 Å². The van der Waals surface area contributed by atoms with Gasteiger partial charge in [0.05, 0.1) is 7.11 Å². The van der Waals surface area contributed by atoms with E-state index in [4.69, 9.17) is 20.9 Å². The Balaban J connectivity index is 1.86. The van der Waals surface area contributed by atoms with Gasteiger partial charge in [0.25, 0.3) is 0 Å². The second-order valence-corrected chi connectivity index (χ2v) is 5.08. The summed E-state index contributed by atoms with van der Waals surface area (Å²) in [6.07, 6.45) is 0. The summed E-state index contributed by atoms with van der Waals surface area (Å²) in [6.45, 7) is 0. The predicted octanol–water partition coefficient (Wildman–Crippen LogP) is 4.23. The third-order valence-corrected chi connectivity index (χ3v) is 3.48. The number of halogens is 1. The molecule has 0 aliphatic rings. The van der Waals surface area contributed by atoms with Crippen molar-refractivity contribution in [3.8, 4) is 17.1 Å². The Morgan fingerprint density at radius 2 is 1.77 bits per heavy atom. The maximum absolute atomic E-state index is 12.4. The summed E-state index contributed by atoms with van der Waals surface area (Å²) in [4.78, 5) is 12.4. The molecule has 0 bridgehead atoms. The van der Waals surface area contributed by atoms with Gasteiger partial charge in [-0.15, -0.1) is 0 Å². The lowest BCUT2D eigenvalue weighted by atomic mass is 10.1. The first-order valence-electron chi connectivity index (χ1n) is 6.59. The van der Waals surface area contributed by atoms with Crippen molar-refractivity contribution in [2.24, 2.45) is 0 Å². The Morgan fingerprint density at radius 1 is 1.09 bits per heavy atom. The van der Waals surface area contributed by atoms with Crippen LogP contribution in [-0.2, 0) is 0 Å². The van der Waals surface area contributed by atoms with E-state index in [1.807, 2.05) is 12.1 Å². The number of rotatable bonds is 4. The second-order valence-electron chi connectivity index (χ2n) is 4.64. The molecule has 3 rings (SSSR count). The van der Waals surface area contributed by atoms with Crippen molar-refractivity contribution < 1.29 is 14.1 Å². The zero-order valence-electron chi connectivity index (χ0n) is 11.7. The Hall–Kier alpha value is -2.59. The van der Waals surface area contributed by atoms with E-state index in [1.54, 1.807) is 49.6 Å². The fraction of sp³-hybridized carbons (Fsp3) is 0.0588. The number of methoxy groups -OCH3 is 1. The lowest BCUT2D eigenvalue weighted by molar-refractivity contribution is 0.103. The third-order valence-electron chi connectivity index (χ3n) is 3.22. The second kappa shape index (κ2) is 6.03. The summed E-state index contributed by atoms with van der Waals surface area (Å²) in [5, 5.41) is 4.48. The minimum absolute atomic E-state index is 0.202. The smallest absolute Gasteiger partial charge is 0.214 e. The molecule has 2 aromatic carbocycles. The highest BCUT2D eigenvalue weighted by atomic mass is 35.5. The van der Waals surface area contributed by atoms with Crippen LogP contribution < -0.4 is 4.74 Å². The number of aromatic nitrogens is 1. The molecule has 5 heteroatoms. The maximum atomic E-state index is 12.4. The molecular weight excluding hydrogens is 302 g/mol. The number of hydrogen-bond donors (Lipinski definition) is 0. The lowest BCUT2D eigenvalue weighted by Gasteiger charge is -2.00. The normalized spacial score (nSPS) is 10.5. The average Bonchev–Trinajstić information content (AvgIpc) is 3.05. The number of carbonyl (C=O) groups is 1.